The van der Waals surface area contributed by atoms with Gasteiger partial charge < -0.3 is 14.7 Å². The fourth-order valence-corrected chi connectivity index (χ4v) is 2.96. The largest absolute Gasteiger partial charge is 0.478 e. The van der Waals surface area contributed by atoms with Crippen LogP contribution in [0.25, 0.3) is 0 Å². The van der Waals surface area contributed by atoms with Gasteiger partial charge in [0.2, 0.25) is 0 Å². The first-order valence-corrected chi connectivity index (χ1v) is 7.97. The number of carbonyl (C=O) groups is 1. The quantitative estimate of drug-likeness (QED) is 0.914. The van der Waals surface area contributed by atoms with Crippen LogP contribution in [-0.2, 0) is 11.3 Å². The number of halogens is 2. The molecule has 6 heteroatoms. The maximum Gasteiger partial charge on any atom is 0.268 e. The van der Waals surface area contributed by atoms with Crippen molar-refractivity contribution >= 4 is 34.8 Å². The zero-order chi connectivity index (χ0) is 16.4. The summed E-state index contributed by atoms with van der Waals surface area (Å²) in [5.41, 5.74) is 1.53. The van der Waals surface area contributed by atoms with Crippen LogP contribution in [0, 0.1) is 0 Å². The highest BCUT2D eigenvalue weighted by Gasteiger charge is 2.34. The van der Waals surface area contributed by atoms with Gasteiger partial charge in [-0.15, -0.1) is 0 Å². The lowest BCUT2D eigenvalue weighted by atomic mass is 10.1. The van der Waals surface area contributed by atoms with Gasteiger partial charge >= 0.3 is 0 Å². The molecule has 1 unspecified atom stereocenters. The lowest BCUT2D eigenvalue weighted by Crippen LogP contribution is -2.45. The fraction of sp³-hybridized carbons (Fsp3) is 0.235. The SMILES string of the molecule is O=C1C(CCO)Oc2ccc(Cl)cc2N1Cc1cccc(Cl)c1. The maximum atomic E-state index is 12.7. The molecule has 1 aliphatic heterocycles. The van der Waals surface area contributed by atoms with Crippen LogP contribution in [0.5, 0.6) is 5.75 Å². The number of hydrogen-bond donors (Lipinski definition) is 1. The second kappa shape index (κ2) is 6.79. The number of benzene rings is 2. The molecule has 120 valence electrons. The molecule has 1 aliphatic rings. The molecule has 0 saturated heterocycles. The molecular weight excluding hydrogens is 337 g/mol. The Morgan fingerprint density at radius 2 is 1.91 bits per heavy atom. The maximum absolute atomic E-state index is 12.7. The predicted molar refractivity (Wildman–Crippen MR) is 90.2 cm³/mol. The zero-order valence-corrected chi connectivity index (χ0v) is 13.7. The smallest absolute Gasteiger partial charge is 0.268 e. The van der Waals surface area contributed by atoms with Crippen LogP contribution < -0.4 is 9.64 Å². The van der Waals surface area contributed by atoms with E-state index in [1.165, 1.54) is 0 Å². The first-order chi connectivity index (χ1) is 11.1. The monoisotopic (exact) mass is 351 g/mol. The number of aliphatic hydroxyl groups is 1. The third-order valence-corrected chi connectivity index (χ3v) is 4.11. The van der Waals surface area contributed by atoms with Gasteiger partial charge in [0.05, 0.1) is 12.2 Å². The Labute approximate surface area is 144 Å². The Morgan fingerprint density at radius 1 is 1.13 bits per heavy atom. The van der Waals surface area contributed by atoms with Gasteiger partial charge in [0.25, 0.3) is 5.91 Å². The average molecular weight is 352 g/mol. The number of fused-ring (bicyclic) bond motifs is 1. The number of nitrogens with zero attached hydrogens (tertiary/aromatic N) is 1. The lowest BCUT2D eigenvalue weighted by molar-refractivity contribution is -0.127. The molecule has 1 amide bonds. The molecule has 23 heavy (non-hydrogen) atoms. The molecule has 0 aliphatic carbocycles. The van der Waals surface area contributed by atoms with Crippen molar-refractivity contribution in [3.05, 3.63) is 58.1 Å². The second-order valence-electron chi connectivity index (χ2n) is 5.29. The van der Waals surface area contributed by atoms with Crippen molar-refractivity contribution in [2.45, 2.75) is 19.1 Å². The summed E-state index contributed by atoms with van der Waals surface area (Å²) in [6, 6.07) is 12.5. The Balaban J connectivity index is 1.98. The van der Waals surface area contributed by atoms with Crippen molar-refractivity contribution in [2.24, 2.45) is 0 Å². The second-order valence-corrected chi connectivity index (χ2v) is 6.16. The van der Waals surface area contributed by atoms with Gasteiger partial charge in [-0.25, -0.2) is 0 Å². The Bertz CT molecular complexity index is 736. The van der Waals surface area contributed by atoms with E-state index in [-0.39, 0.29) is 18.9 Å². The van der Waals surface area contributed by atoms with Crippen molar-refractivity contribution in [3.8, 4) is 5.75 Å². The summed E-state index contributed by atoms with van der Waals surface area (Å²) in [5.74, 6) is 0.378. The minimum atomic E-state index is -0.701. The van der Waals surface area contributed by atoms with Crippen LogP contribution in [0.2, 0.25) is 10.0 Å². The van der Waals surface area contributed by atoms with E-state index in [4.69, 9.17) is 33.0 Å². The first-order valence-electron chi connectivity index (χ1n) is 7.21. The molecule has 2 aromatic carbocycles. The van der Waals surface area contributed by atoms with E-state index in [0.29, 0.717) is 28.0 Å². The summed E-state index contributed by atoms with van der Waals surface area (Å²) in [5, 5.41) is 10.3. The van der Waals surface area contributed by atoms with Crippen molar-refractivity contribution in [1.82, 2.24) is 0 Å². The number of anilines is 1. The van der Waals surface area contributed by atoms with E-state index in [1.807, 2.05) is 18.2 Å². The Morgan fingerprint density at radius 3 is 2.65 bits per heavy atom. The molecule has 0 radical (unpaired) electrons. The zero-order valence-electron chi connectivity index (χ0n) is 12.2. The van der Waals surface area contributed by atoms with Gasteiger partial charge in [-0.1, -0.05) is 35.3 Å². The summed E-state index contributed by atoms with van der Waals surface area (Å²) in [6.45, 7) is 0.238. The number of aliphatic hydroxyl groups excluding tert-OH is 1. The molecule has 0 saturated carbocycles. The van der Waals surface area contributed by atoms with Crippen molar-refractivity contribution in [2.75, 3.05) is 11.5 Å². The summed E-state index contributed by atoms with van der Waals surface area (Å²) >= 11 is 12.1. The van der Waals surface area contributed by atoms with Crippen LogP contribution in [-0.4, -0.2) is 23.7 Å². The lowest BCUT2D eigenvalue weighted by Gasteiger charge is -2.34. The molecule has 1 N–H and O–H groups in total. The summed E-state index contributed by atoms with van der Waals surface area (Å²) < 4.78 is 5.70. The van der Waals surface area contributed by atoms with Gasteiger partial charge in [-0.2, -0.15) is 0 Å². The normalized spacial score (nSPS) is 16.9. The average Bonchev–Trinajstić information content (AvgIpc) is 2.52. The highest BCUT2D eigenvalue weighted by molar-refractivity contribution is 6.31. The highest BCUT2D eigenvalue weighted by atomic mass is 35.5. The van der Waals surface area contributed by atoms with Crippen molar-refractivity contribution in [3.63, 3.8) is 0 Å². The first kappa shape index (κ1) is 16.1. The number of hydrogen-bond acceptors (Lipinski definition) is 3. The molecule has 4 nitrogen and oxygen atoms in total. The highest BCUT2D eigenvalue weighted by Crippen LogP contribution is 2.37. The Kier molecular flexibility index (Phi) is 4.76. The molecule has 0 fully saturated rings. The molecule has 0 aromatic heterocycles. The van der Waals surface area contributed by atoms with Crippen LogP contribution in [0.4, 0.5) is 5.69 Å². The van der Waals surface area contributed by atoms with E-state index in [0.717, 1.165) is 5.56 Å². The van der Waals surface area contributed by atoms with Gasteiger partial charge in [-0.3, -0.25) is 4.79 Å². The molecule has 1 heterocycles. The van der Waals surface area contributed by atoms with E-state index >= 15 is 0 Å². The van der Waals surface area contributed by atoms with Crippen molar-refractivity contribution < 1.29 is 14.6 Å². The third-order valence-electron chi connectivity index (χ3n) is 3.64. The van der Waals surface area contributed by atoms with Crippen molar-refractivity contribution in [1.29, 1.82) is 0 Å². The van der Waals surface area contributed by atoms with E-state index in [9.17, 15) is 4.79 Å². The number of carbonyl (C=O) groups excluding carboxylic acids is 1. The van der Waals surface area contributed by atoms with Crippen LogP contribution in [0.1, 0.15) is 12.0 Å². The van der Waals surface area contributed by atoms with E-state index < -0.39 is 6.10 Å². The molecule has 0 bridgehead atoms. The minimum Gasteiger partial charge on any atom is -0.478 e. The molecule has 2 aromatic rings. The predicted octanol–water partition coefficient (Wildman–Crippen LogP) is 3.67. The Hall–Kier alpha value is -1.75. The van der Waals surface area contributed by atoms with Gasteiger partial charge in [-0.05, 0) is 35.9 Å². The molecule has 0 spiro atoms. The minimum absolute atomic E-state index is 0.121. The van der Waals surface area contributed by atoms with E-state index in [1.54, 1.807) is 29.2 Å². The number of rotatable bonds is 4. The van der Waals surface area contributed by atoms with Gasteiger partial charge in [0.1, 0.15) is 5.75 Å². The standard InChI is InChI=1S/C17H15Cl2NO3/c18-12-3-1-2-11(8-12)10-20-14-9-13(19)4-5-15(14)23-16(6-7-21)17(20)22/h1-5,8-9,16,21H,6-7,10H2. The van der Waals surface area contributed by atoms with E-state index in [2.05, 4.69) is 0 Å². The van der Waals surface area contributed by atoms with Crippen LogP contribution in [0.3, 0.4) is 0 Å². The fourth-order valence-electron chi connectivity index (χ4n) is 2.58. The summed E-state index contributed by atoms with van der Waals surface area (Å²) in [7, 11) is 0. The number of ether oxygens (including phenoxy) is 1. The molecule has 3 rings (SSSR count). The molecular formula is C17H15Cl2NO3. The summed E-state index contributed by atoms with van der Waals surface area (Å²) in [4.78, 5) is 14.3. The summed E-state index contributed by atoms with van der Waals surface area (Å²) in [6.07, 6.45) is -0.458. The van der Waals surface area contributed by atoms with Crippen LogP contribution >= 0.6 is 23.2 Å². The topological polar surface area (TPSA) is 49.8 Å². The third kappa shape index (κ3) is 3.44. The van der Waals surface area contributed by atoms with Crippen LogP contribution in [0.15, 0.2) is 42.5 Å². The van der Waals surface area contributed by atoms with Gasteiger partial charge in [0, 0.05) is 23.1 Å². The number of amides is 1. The van der Waals surface area contributed by atoms with Gasteiger partial charge in [0.15, 0.2) is 6.10 Å². The molecule has 1 atom stereocenters.